The molecule has 0 spiro atoms. The Morgan fingerprint density at radius 2 is 1.77 bits per heavy atom. The number of carbonyl (C=O) groups excluding carboxylic acids is 2. The summed E-state index contributed by atoms with van der Waals surface area (Å²) in [6.07, 6.45) is 1.14. The predicted molar refractivity (Wildman–Crippen MR) is 77.3 cm³/mol. The third-order valence-electron chi connectivity index (χ3n) is 4.19. The second-order valence-corrected chi connectivity index (χ2v) is 5.90. The number of piperidine rings is 1. The number of amides is 3. The molecule has 8 nitrogen and oxygen atoms in total. The van der Waals surface area contributed by atoms with Crippen LogP contribution >= 0.6 is 0 Å². The Hall–Kier alpha value is -1.83. The van der Waals surface area contributed by atoms with Crippen molar-refractivity contribution in [3.8, 4) is 0 Å². The van der Waals surface area contributed by atoms with E-state index >= 15 is 0 Å². The molecule has 2 rings (SSSR count). The van der Waals surface area contributed by atoms with Crippen molar-refractivity contribution < 1.29 is 24.2 Å². The van der Waals surface area contributed by atoms with E-state index < -0.39 is 12.0 Å². The van der Waals surface area contributed by atoms with Crippen molar-refractivity contribution in [3.05, 3.63) is 0 Å². The Bertz CT molecular complexity index is 446. The van der Waals surface area contributed by atoms with Gasteiger partial charge >= 0.3 is 12.0 Å². The van der Waals surface area contributed by atoms with Crippen LogP contribution in [0, 0.1) is 5.92 Å². The van der Waals surface area contributed by atoms with E-state index in [1.807, 2.05) is 0 Å². The first-order chi connectivity index (χ1) is 10.4. The standard InChI is InChI=1S/C14H23N3O5/c1-15(2)14(21)16-5-3-10(4-6-16)12(18)17-7-8-22-9-11(17)13(19)20/h10-11H,3-9H2,1-2H3,(H,19,20). The zero-order chi connectivity index (χ0) is 16.3. The van der Waals surface area contributed by atoms with E-state index in [4.69, 9.17) is 4.74 Å². The van der Waals surface area contributed by atoms with Crippen LogP contribution in [0.25, 0.3) is 0 Å². The van der Waals surface area contributed by atoms with E-state index in [0.29, 0.717) is 39.1 Å². The molecule has 2 fully saturated rings. The molecule has 124 valence electrons. The number of ether oxygens (including phenoxy) is 1. The second kappa shape index (κ2) is 6.95. The number of aliphatic carboxylic acids is 1. The van der Waals surface area contributed by atoms with Crippen LogP contribution in [0.15, 0.2) is 0 Å². The molecule has 0 radical (unpaired) electrons. The van der Waals surface area contributed by atoms with Gasteiger partial charge in [0.2, 0.25) is 5.91 Å². The Kier molecular flexibility index (Phi) is 5.23. The van der Waals surface area contributed by atoms with Crippen LogP contribution in [-0.2, 0) is 14.3 Å². The number of rotatable bonds is 2. The molecule has 0 aliphatic carbocycles. The lowest BCUT2D eigenvalue weighted by atomic mass is 9.94. The van der Waals surface area contributed by atoms with Gasteiger partial charge in [-0.2, -0.15) is 0 Å². The maximum absolute atomic E-state index is 12.6. The molecule has 1 unspecified atom stereocenters. The summed E-state index contributed by atoms with van der Waals surface area (Å²) in [5.41, 5.74) is 0. The van der Waals surface area contributed by atoms with Crippen molar-refractivity contribution in [2.45, 2.75) is 18.9 Å². The molecule has 0 bridgehead atoms. The van der Waals surface area contributed by atoms with Gasteiger partial charge < -0.3 is 24.5 Å². The quantitative estimate of drug-likeness (QED) is 0.755. The highest BCUT2D eigenvalue weighted by molar-refractivity contribution is 5.85. The number of likely N-dealkylation sites (tertiary alicyclic amines) is 1. The number of carbonyl (C=O) groups is 3. The molecule has 0 aromatic rings. The number of carboxylic acid groups (broad SMARTS) is 1. The second-order valence-electron chi connectivity index (χ2n) is 5.90. The fraction of sp³-hybridized carbons (Fsp3) is 0.786. The van der Waals surface area contributed by atoms with Crippen LogP contribution in [0.3, 0.4) is 0 Å². The van der Waals surface area contributed by atoms with Crippen molar-refractivity contribution in [2.24, 2.45) is 5.92 Å². The summed E-state index contributed by atoms with van der Waals surface area (Å²) in [5.74, 6) is -1.38. The van der Waals surface area contributed by atoms with Crippen LogP contribution in [0.4, 0.5) is 4.79 Å². The molecule has 2 aliphatic rings. The van der Waals surface area contributed by atoms with Crippen LogP contribution in [-0.4, -0.2) is 90.7 Å². The molecule has 1 N–H and O–H groups in total. The van der Waals surface area contributed by atoms with Gasteiger partial charge in [0.1, 0.15) is 0 Å². The Balaban J connectivity index is 1.94. The van der Waals surface area contributed by atoms with Gasteiger partial charge in [0.25, 0.3) is 0 Å². The van der Waals surface area contributed by atoms with Gasteiger partial charge in [-0.15, -0.1) is 0 Å². The third kappa shape index (κ3) is 3.49. The summed E-state index contributed by atoms with van der Waals surface area (Å²) in [6.45, 7) is 1.77. The molecule has 2 heterocycles. The zero-order valence-electron chi connectivity index (χ0n) is 13.0. The van der Waals surface area contributed by atoms with Crippen LogP contribution in [0.2, 0.25) is 0 Å². The lowest BCUT2D eigenvalue weighted by Crippen LogP contribution is -2.55. The minimum absolute atomic E-state index is 0.0407. The van der Waals surface area contributed by atoms with Crippen LogP contribution in [0.1, 0.15) is 12.8 Å². The fourth-order valence-electron chi connectivity index (χ4n) is 2.91. The summed E-state index contributed by atoms with van der Waals surface area (Å²) in [4.78, 5) is 40.3. The van der Waals surface area contributed by atoms with Gasteiger partial charge in [-0.05, 0) is 12.8 Å². The van der Waals surface area contributed by atoms with Gasteiger partial charge in [0.15, 0.2) is 6.04 Å². The van der Waals surface area contributed by atoms with E-state index in [2.05, 4.69) is 0 Å². The summed E-state index contributed by atoms with van der Waals surface area (Å²) in [6, 6.07) is -0.955. The molecule has 8 heteroatoms. The first kappa shape index (κ1) is 16.5. The van der Waals surface area contributed by atoms with E-state index in [0.717, 1.165) is 0 Å². The maximum Gasteiger partial charge on any atom is 0.328 e. The molecule has 0 aromatic carbocycles. The summed E-state index contributed by atoms with van der Waals surface area (Å²) >= 11 is 0. The normalized spacial score (nSPS) is 23.3. The van der Waals surface area contributed by atoms with Crippen LogP contribution < -0.4 is 0 Å². The number of hydrogen-bond acceptors (Lipinski definition) is 4. The lowest BCUT2D eigenvalue weighted by molar-refractivity contribution is -0.160. The molecular weight excluding hydrogens is 290 g/mol. The van der Waals surface area contributed by atoms with Gasteiger partial charge in [-0.3, -0.25) is 4.79 Å². The zero-order valence-corrected chi connectivity index (χ0v) is 13.0. The molecule has 0 saturated carbocycles. The Morgan fingerprint density at radius 1 is 1.14 bits per heavy atom. The van der Waals surface area contributed by atoms with E-state index in [9.17, 15) is 19.5 Å². The first-order valence-corrected chi connectivity index (χ1v) is 7.49. The number of hydrogen-bond donors (Lipinski definition) is 1. The SMILES string of the molecule is CN(C)C(=O)N1CCC(C(=O)N2CCOCC2C(=O)O)CC1. The van der Waals surface area contributed by atoms with Gasteiger partial charge in [-0.1, -0.05) is 0 Å². The minimum atomic E-state index is -1.03. The predicted octanol–water partition coefficient (Wildman–Crippen LogP) is -0.308. The van der Waals surface area contributed by atoms with Gasteiger partial charge in [0, 0.05) is 39.6 Å². The number of morpholine rings is 1. The topological polar surface area (TPSA) is 90.4 Å². The molecule has 22 heavy (non-hydrogen) atoms. The number of nitrogens with zero attached hydrogens (tertiary/aromatic N) is 3. The molecule has 0 aromatic heterocycles. The average molecular weight is 313 g/mol. The summed E-state index contributed by atoms with van der Waals surface area (Å²) < 4.78 is 5.15. The van der Waals surface area contributed by atoms with E-state index in [1.54, 1.807) is 19.0 Å². The van der Waals surface area contributed by atoms with Crippen LogP contribution in [0.5, 0.6) is 0 Å². The van der Waals surface area contributed by atoms with Crippen molar-refractivity contribution in [2.75, 3.05) is 46.9 Å². The molecule has 3 amide bonds. The highest BCUT2D eigenvalue weighted by atomic mass is 16.5. The smallest absolute Gasteiger partial charge is 0.328 e. The fourth-order valence-corrected chi connectivity index (χ4v) is 2.91. The average Bonchev–Trinajstić information content (AvgIpc) is 2.53. The Morgan fingerprint density at radius 3 is 2.32 bits per heavy atom. The largest absolute Gasteiger partial charge is 0.480 e. The molecular formula is C14H23N3O5. The molecule has 2 aliphatic heterocycles. The lowest BCUT2D eigenvalue weighted by Gasteiger charge is -2.38. The van der Waals surface area contributed by atoms with E-state index in [-0.39, 0.29) is 24.5 Å². The van der Waals surface area contributed by atoms with Crippen molar-refractivity contribution >= 4 is 17.9 Å². The van der Waals surface area contributed by atoms with Gasteiger partial charge in [-0.25, -0.2) is 9.59 Å². The monoisotopic (exact) mass is 313 g/mol. The first-order valence-electron chi connectivity index (χ1n) is 7.49. The third-order valence-corrected chi connectivity index (χ3v) is 4.19. The van der Waals surface area contributed by atoms with E-state index in [1.165, 1.54) is 9.80 Å². The summed E-state index contributed by atoms with van der Waals surface area (Å²) in [5, 5.41) is 9.20. The summed E-state index contributed by atoms with van der Waals surface area (Å²) in [7, 11) is 3.40. The minimum Gasteiger partial charge on any atom is -0.480 e. The highest BCUT2D eigenvalue weighted by Gasteiger charge is 2.37. The number of urea groups is 1. The van der Waals surface area contributed by atoms with Gasteiger partial charge in [0.05, 0.1) is 13.2 Å². The van der Waals surface area contributed by atoms with Crippen molar-refractivity contribution in [1.29, 1.82) is 0 Å². The molecule has 1 atom stereocenters. The number of carboxylic acids is 1. The van der Waals surface area contributed by atoms with Crippen molar-refractivity contribution in [1.82, 2.24) is 14.7 Å². The highest BCUT2D eigenvalue weighted by Crippen LogP contribution is 2.22. The maximum atomic E-state index is 12.6. The molecule has 2 saturated heterocycles. The Labute approximate surface area is 129 Å². The van der Waals surface area contributed by atoms with Crippen molar-refractivity contribution in [3.63, 3.8) is 0 Å².